The minimum Gasteiger partial charge on any atom is -0.497 e. The molecule has 1 aromatic carbocycles. The van der Waals surface area contributed by atoms with Gasteiger partial charge in [-0.3, -0.25) is 0 Å². The lowest BCUT2D eigenvalue weighted by molar-refractivity contribution is 0.201. The lowest BCUT2D eigenvalue weighted by Gasteiger charge is -2.11. The van der Waals surface area contributed by atoms with Crippen molar-refractivity contribution in [3.05, 3.63) is 41.5 Å². The normalized spacial score (nSPS) is 11.9. The van der Waals surface area contributed by atoms with E-state index in [1.165, 1.54) is 4.90 Å². The van der Waals surface area contributed by atoms with Crippen LogP contribution in [0.1, 0.15) is 20.8 Å². The minimum absolute atomic E-state index is 0.446. The molecule has 1 aromatic rings. The molecule has 0 fully saturated rings. The number of allylic oxidation sites excluding steroid dienone is 1. The molecule has 0 radical (unpaired) electrons. The van der Waals surface area contributed by atoms with Gasteiger partial charge in [0.25, 0.3) is 0 Å². The lowest BCUT2D eigenvalue weighted by Crippen LogP contribution is -1.98. The van der Waals surface area contributed by atoms with Crippen LogP contribution in [-0.2, 0) is 4.74 Å². The molecule has 0 aliphatic rings. The van der Waals surface area contributed by atoms with Crippen molar-refractivity contribution in [2.45, 2.75) is 25.7 Å². The van der Waals surface area contributed by atoms with Crippen molar-refractivity contribution in [2.75, 3.05) is 6.61 Å². The Morgan fingerprint density at radius 2 is 2.00 bits per heavy atom. The van der Waals surface area contributed by atoms with Gasteiger partial charge in [-0.05, 0) is 19.1 Å². The smallest absolute Gasteiger partial charge is 0.105 e. The van der Waals surface area contributed by atoms with Crippen LogP contribution in [0, 0.1) is 5.92 Å². The summed E-state index contributed by atoms with van der Waals surface area (Å²) >= 11 is 1.71. The van der Waals surface area contributed by atoms with E-state index in [0.717, 1.165) is 12.4 Å². The number of hydrogen-bond acceptors (Lipinski definition) is 2. The van der Waals surface area contributed by atoms with Crippen molar-refractivity contribution in [1.82, 2.24) is 0 Å². The van der Waals surface area contributed by atoms with Crippen molar-refractivity contribution < 1.29 is 4.74 Å². The fourth-order valence-corrected chi connectivity index (χ4v) is 2.04. The molecule has 0 spiro atoms. The van der Waals surface area contributed by atoms with Crippen LogP contribution in [-0.4, -0.2) is 6.61 Å². The van der Waals surface area contributed by atoms with Crippen LogP contribution < -0.4 is 0 Å². The Morgan fingerprint density at radius 1 is 1.33 bits per heavy atom. The quantitative estimate of drug-likeness (QED) is 0.542. The van der Waals surface area contributed by atoms with E-state index in [2.05, 4.69) is 31.4 Å². The first-order valence-corrected chi connectivity index (χ1v) is 6.16. The molecule has 15 heavy (non-hydrogen) atoms. The van der Waals surface area contributed by atoms with E-state index in [9.17, 15) is 0 Å². The van der Waals surface area contributed by atoms with E-state index in [1.807, 2.05) is 25.1 Å². The number of benzene rings is 1. The standard InChI is InChI=1S/C13H18OS/c1-4-14-13(11(2)3)10-15-12-8-6-5-7-9-12/h5-11H,4H2,1-3H3. The molecule has 0 N–H and O–H groups in total. The summed E-state index contributed by atoms with van der Waals surface area (Å²) in [4.78, 5) is 1.25. The second kappa shape index (κ2) is 6.57. The summed E-state index contributed by atoms with van der Waals surface area (Å²) in [6, 6.07) is 10.3. The molecular weight excluding hydrogens is 204 g/mol. The van der Waals surface area contributed by atoms with Crippen LogP contribution in [0.4, 0.5) is 0 Å². The average Bonchev–Trinajstić information content (AvgIpc) is 2.25. The third-order valence-corrected chi connectivity index (χ3v) is 2.83. The predicted molar refractivity (Wildman–Crippen MR) is 66.8 cm³/mol. The zero-order valence-corrected chi connectivity index (χ0v) is 10.4. The molecule has 0 atom stereocenters. The number of thioether (sulfide) groups is 1. The maximum atomic E-state index is 5.57. The van der Waals surface area contributed by atoms with E-state index < -0.39 is 0 Å². The van der Waals surface area contributed by atoms with E-state index in [4.69, 9.17) is 4.74 Å². The number of ether oxygens (including phenoxy) is 1. The summed E-state index contributed by atoms with van der Waals surface area (Å²) in [5.74, 6) is 1.51. The Hall–Kier alpha value is -0.890. The Balaban J connectivity index is 2.61. The number of hydrogen-bond donors (Lipinski definition) is 0. The van der Waals surface area contributed by atoms with Gasteiger partial charge in [-0.1, -0.05) is 43.8 Å². The summed E-state index contributed by atoms with van der Waals surface area (Å²) in [6.45, 7) is 7.04. The molecule has 1 rings (SSSR count). The molecule has 0 unspecified atom stereocenters. The van der Waals surface area contributed by atoms with Crippen LogP contribution in [0.25, 0.3) is 0 Å². The van der Waals surface area contributed by atoms with Crippen molar-refractivity contribution in [2.24, 2.45) is 5.92 Å². The molecule has 0 saturated carbocycles. The zero-order chi connectivity index (χ0) is 11.1. The third-order valence-electron chi connectivity index (χ3n) is 1.93. The van der Waals surface area contributed by atoms with Crippen LogP contribution >= 0.6 is 11.8 Å². The van der Waals surface area contributed by atoms with Gasteiger partial charge in [-0.15, -0.1) is 0 Å². The highest BCUT2D eigenvalue weighted by atomic mass is 32.2. The molecule has 0 saturated heterocycles. The highest BCUT2D eigenvalue weighted by molar-refractivity contribution is 8.02. The van der Waals surface area contributed by atoms with Gasteiger partial charge >= 0.3 is 0 Å². The maximum Gasteiger partial charge on any atom is 0.105 e. The van der Waals surface area contributed by atoms with Crippen molar-refractivity contribution in [1.29, 1.82) is 0 Å². The van der Waals surface area contributed by atoms with Crippen LogP contribution in [0.5, 0.6) is 0 Å². The fraction of sp³-hybridized carbons (Fsp3) is 0.385. The van der Waals surface area contributed by atoms with E-state index >= 15 is 0 Å². The van der Waals surface area contributed by atoms with Gasteiger partial charge in [-0.2, -0.15) is 0 Å². The Kier molecular flexibility index (Phi) is 5.33. The summed E-state index contributed by atoms with van der Waals surface area (Å²) in [5.41, 5.74) is 0. The molecule has 2 heteroatoms. The van der Waals surface area contributed by atoms with Gasteiger partial charge in [0.2, 0.25) is 0 Å². The first-order chi connectivity index (χ1) is 7.24. The fourth-order valence-electron chi connectivity index (χ4n) is 1.13. The van der Waals surface area contributed by atoms with Gasteiger partial charge in [0.15, 0.2) is 0 Å². The van der Waals surface area contributed by atoms with Gasteiger partial charge < -0.3 is 4.74 Å². The maximum absolute atomic E-state index is 5.57. The molecule has 0 aromatic heterocycles. The summed E-state index contributed by atoms with van der Waals surface area (Å²) in [5, 5.41) is 2.10. The molecule has 0 amide bonds. The molecule has 0 heterocycles. The highest BCUT2D eigenvalue weighted by Crippen LogP contribution is 2.23. The Labute approximate surface area is 96.5 Å². The second-order valence-electron chi connectivity index (χ2n) is 3.54. The van der Waals surface area contributed by atoms with Crippen LogP contribution in [0.15, 0.2) is 46.4 Å². The van der Waals surface area contributed by atoms with Gasteiger partial charge in [0.1, 0.15) is 5.76 Å². The molecular formula is C13H18OS. The molecule has 0 aliphatic carbocycles. The van der Waals surface area contributed by atoms with E-state index in [-0.39, 0.29) is 0 Å². The van der Waals surface area contributed by atoms with Crippen molar-refractivity contribution >= 4 is 11.8 Å². The SMILES string of the molecule is CCOC(=CSc1ccccc1)C(C)C. The van der Waals surface area contributed by atoms with Crippen LogP contribution in [0.2, 0.25) is 0 Å². The first kappa shape index (κ1) is 12.2. The van der Waals surface area contributed by atoms with Crippen molar-refractivity contribution in [3.8, 4) is 0 Å². The molecule has 82 valence electrons. The predicted octanol–water partition coefficient (Wildman–Crippen LogP) is 4.31. The first-order valence-electron chi connectivity index (χ1n) is 5.28. The lowest BCUT2D eigenvalue weighted by atomic mass is 10.2. The van der Waals surface area contributed by atoms with Gasteiger partial charge in [-0.25, -0.2) is 0 Å². The van der Waals surface area contributed by atoms with E-state index in [1.54, 1.807) is 11.8 Å². The second-order valence-corrected chi connectivity index (χ2v) is 4.48. The van der Waals surface area contributed by atoms with Gasteiger partial charge in [0.05, 0.1) is 6.61 Å². The zero-order valence-electron chi connectivity index (χ0n) is 9.57. The van der Waals surface area contributed by atoms with Crippen molar-refractivity contribution in [3.63, 3.8) is 0 Å². The molecule has 0 bridgehead atoms. The van der Waals surface area contributed by atoms with E-state index in [0.29, 0.717) is 5.92 Å². The van der Waals surface area contributed by atoms with Gasteiger partial charge in [0, 0.05) is 16.2 Å². The number of rotatable bonds is 5. The molecule has 0 aliphatic heterocycles. The summed E-state index contributed by atoms with van der Waals surface area (Å²) in [6.07, 6.45) is 0. The minimum atomic E-state index is 0.446. The average molecular weight is 222 g/mol. The summed E-state index contributed by atoms with van der Waals surface area (Å²) in [7, 11) is 0. The summed E-state index contributed by atoms with van der Waals surface area (Å²) < 4.78 is 5.57. The Bertz CT molecular complexity index is 304. The molecule has 1 nitrogen and oxygen atoms in total. The topological polar surface area (TPSA) is 9.23 Å². The third kappa shape index (κ3) is 4.43. The highest BCUT2D eigenvalue weighted by Gasteiger charge is 2.03. The van der Waals surface area contributed by atoms with Crippen LogP contribution in [0.3, 0.4) is 0 Å². The largest absolute Gasteiger partial charge is 0.497 e. The monoisotopic (exact) mass is 222 g/mol. The Morgan fingerprint density at radius 3 is 2.53 bits per heavy atom.